The van der Waals surface area contributed by atoms with Gasteiger partial charge in [0.2, 0.25) is 0 Å². The monoisotopic (exact) mass is 291 g/mol. The third-order valence-electron chi connectivity index (χ3n) is 2.73. The molecule has 0 aliphatic rings. The van der Waals surface area contributed by atoms with Crippen LogP contribution in [0.2, 0.25) is 0 Å². The summed E-state index contributed by atoms with van der Waals surface area (Å²) in [6, 6.07) is 4.11. The Bertz CT molecular complexity index is 691. The summed E-state index contributed by atoms with van der Waals surface area (Å²) in [4.78, 5) is 11.0. The topological polar surface area (TPSA) is 61.0 Å². The normalized spacial score (nSPS) is 11.2. The molecule has 0 unspecified atom stereocenters. The second kappa shape index (κ2) is 5.24. The first-order valence-electron chi connectivity index (χ1n) is 5.94. The van der Waals surface area contributed by atoms with E-state index in [1.165, 1.54) is 4.88 Å². The van der Waals surface area contributed by atoms with Crippen LogP contribution in [0.5, 0.6) is 0 Å². The maximum absolute atomic E-state index is 6.08. The molecule has 0 bridgehead atoms. The molecule has 0 saturated carbocycles. The van der Waals surface area contributed by atoms with Crippen molar-refractivity contribution >= 4 is 38.7 Å². The second-order valence-corrected chi connectivity index (χ2v) is 5.77. The highest BCUT2D eigenvalue weighted by atomic mass is 32.1. The minimum absolute atomic E-state index is 0.406. The van der Waals surface area contributed by atoms with Gasteiger partial charge in [0.05, 0.1) is 5.39 Å². The molecular formula is C13H13N3OS2. The quantitative estimate of drug-likeness (QED) is 0.798. The van der Waals surface area contributed by atoms with E-state index >= 15 is 0 Å². The van der Waals surface area contributed by atoms with Gasteiger partial charge in [0.25, 0.3) is 0 Å². The fraction of sp³-hybridized carbons (Fsp3) is 0.231. The van der Waals surface area contributed by atoms with Gasteiger partial charge in [-0.05, 0) is 18.4 Å². The van der Waals surface area contributed by atoms with Crippen LogP contribution in [-0.2, 0) is 11.3 Å². The molecule has 0 aliphatic heterocycles. The number of thiophene rings is 2. The highest BCUT2D eigenvalue weighted by Gasteiger charge is 2.14. The number of hydrogen-bond donors (Lipinski definition) is 1. The van der Waals surface area contributed by atoms with Crippen LogP contribution < -0.4 is 5.73 Å². The van der Waals surface area contributed by atoms with Gasteiger partial charge in [-0.3, -0.25) is 0 Å². The molecule has 98 valence electrons. The molecular weight excluding hydrogens is 278 g/mol. The van der Waals surface area contributed by atoms with Crippen molar-refractivity contribution in [1.29, 1.82) is 0 Å². The maximum atomic E-state index is 6.08. The van der Waals surface area contributed by atoms with Gasteiger partial charge in [-0.2, -0.15) is 0 Å². The minimum Gasteiger partial charge on any atom is -0.383 e. The Morgan fingerprint density at radius 2 is 2.21 bits per heavy atom. The average molecular weight is 291 g/mol. The van der Waals surface area contributed by atoms with E-state index in [-0.39, 0.29) is 0 Å². The largest absolute Gasteiger partial charge is 0.383 e. The van der Waals surface area contributed by atoms with Crippen LogP contribution in [0.3, 0.4) is 0 Å². The predicted octanol–water partition coefficient (Wildman–Crippen LogP) is 3.54. The Morgan fingerprint density at radius 1 is 1.32 bits per heavy atom. The van der Waals surface area contributed by atoms with Gasteiger partial charge in [0.1, 0.15) is 17.3 Å². The lowest BCUT2D eigenvalue weighted by molar-refractivity contribution is 0.128. The third kappa shape index (κ3) is 2.34. The van der Waals surface area contributed by atoms with Crippen LogP contribution in [0.4, 0.5) is 5.82 Å². The van der Waals surface area contributed by atoms with Crippen molar-refractivity contribution in [2.45, 2.75) is 13.5 Å². The van der Waals surface area contributed by atoms with Crippen LogP contribution in [0.25, 0.3) is 20.7 Å². The SMILES string of the molecule is CCOCc1nc(N)c2c(-c3cccs3)csc2n1. The lowest BCUT2D eigenvalue weighted by atomic mass is 10.2. The van der Waals surface area contributed by atoms with Crippen molar-refractivity contribution in [2.24, 2.45) is 0 Å². The van der Waals surface area contributed by atoms with E-state index in [9.17, 15) is 0 Å². The fourth-order valence-corrected chi connectivity index (χ4v) is 3.67. The van der Waals surface area contributed by atoms with E-state index in [4.69, 9.17) is 10.5 Å². The lowest BCUT2D eigenvalue weighted by Gasteiger charge is -2.03. The number of hydrogen-bond acceptors (Lipinski definition) is 6. The molecule has 0 radical (unpaired) electrons. The number of nitrogens with zero attached hydrogens (tertiary/aromatic N) is 2. The van der Waals surface area contributed by atoms with Crippen molar-refractivity contribution in [3.05, 3.63) is 28.7 Å². The van der Waals surface area contributed by atoms with E-state index in [1.807, 2.05) is 13.0 Å². The smallest absolute Gasteiger partial charge is 0.158 e. The van der Waals surface area contributed by atoms with E-state index in [0.717, 1.165) is 15.8 Å². The van der Waals surface area contributed by atoms with E-state index in [1.54, 1.807) is 22.7 Å². The zero-order valence-corrected chi connectivity index (χ0v) is 12.1. The molecule has 0 aromatic carbocycles. The molecule has 3 rings (SSSR count). The second-order valence-electron chi connectivity index (χ2n) is 3.97. The first-order valence-corrected chi connectivity index (χ1v) is 7.70. The van der Waals surface area contributed by atoms with Gasteiger partial charge in [-0.25, -0.2) is 9.97 Å². The molecule has 19 heavy (non-hydrogen) atoms. The Hall–Kier alpha value is -1.50. The van der Waals surface area contributed by atoms with Crippen molar-refractivity contribution in [3.63, 3.8) is 0 Å². The lowest BCUT2D eigenvalue weighted by Crippen LogP contribution is -2.02. The molecule has 0 aliphatic carbocycles. The summed E-state index contributed by atoms with van der Waals surface area (Å²) in [6.07, 6.45) is 0. The zero-order chi connectivity index (χ0) is 13.2. The molecule has 4 nitrogen and oxygen atoms in total. The van der Waals surface area contributed by atoms with Crippen molar-refractivity contribution < 1.29 is 4.74 Å². The molecule has 0 fully saturated rings. The van der Waals surface area contributed by atoms with Gasteiger partial charge in [-0.1, -0.05) is 6.07 Å². The number of nitrogen functional groups attached to an aromatic ring is 1. The number of aromatic nitrogens is 2. The van der Waals surface area contributed by atoms with Crippen LogP contribution in [0, 0.1) is 0 Å². The highest BCUT2D eigenvalue weighted by molar-refractivity contribution is 7.18. The summed E-state index contributed by atoms with van der Waals surface area (Å²) in [6.45, 7) is 3.00. The molecule has 3 aromatic heterocycles. The summed E-state index contributed by atoms with van der Waals surface area (Å²) in [5, 5.41) is 5.10. The Balaban J connectivity index is 2.09. The van der Waals surface area contributed by atoms with Gasteiger partial charge in [0.15, 0.2) is 5.82 Å². The fourth-order valence-electron chi connectivity index (χ4n) is 1.89. The summed E-state index contributed by atoms with van der Waals surface area (Å²) < 4.78 is 5.33. The minimum atomic E-state index is 0.406. The Morgan fingerprint density at radius 3 is 2.95 bits per heavy atom. The van der Waals surface area contributed by atoms with Crippen LogP contribution in [-0.4, -0.2) is 16.6 Å². The van der Waals surface area contributed by atoms with Crippen molar-refractivity contribution in [3.8, 4) is 10.4 Å². The Kier molecular flexibility index (Phi) is 3.46. The van der Waals surface area contributed by atoms with Crippen LogP contribution >= 0.6 is 22.7 Å². The molecule has 0 saturated heterocycles. The van der Waals surface area contributed by atoms with E-state index in [2.05, 4.69) is 26.8 Å². The van der Waals surface area contributed by atoms with Crippen molar-refractivity contribution in [2.75, 3.05) is 12.3 Å². The zero-order valence-electron chi connectivity index (χ0n) is 10.4. The van der Waals surface area contributed by atoms with Gasteiger partial charge in [-0.15, -0.1) is 22.7 Å². The summed E-state index contributed by atoms with van der Waals surface area (Å²) >= 11 is 3.29. The first-order chi connectivity index (χ1) is 9.29. The molecule has 3 aromatic rings. The van der Waals surface area contributed by atoms with E-state index in [0.29, 0.717) is 24.9 Å². The third-order valence-corrected chi connectivity index (χ3v) is 4.51. The number of nitrogens with two attached hydrogens (primary N) is 1. The van der Waals surface area contributed by atoms with Gasteiger partial charge >= 0.3 is 0 Å². The molecule has 3 heterocycles. The predicted molar refractivity (Wildman–Crippen MR) is 80.5 cm³/mol. The first kappa shape index (κ1) is 12.5. The molecule has 6 heteroatoms. The highest BCUT2D eigenvalue weighted by Crippen LogP contribution is 2.37. The van der Waals surface area contributed by atoms with Gasteiger partial charge in [0, 0.05) is 22.4 Å². The van der Waals surface area contributed by atoms with Crippen LogP contribution in [0.1, 0.15) is 12.7 Å². The maximum Gasteiger partial charge on any atom is 0.158 e. The number of ether oxygens (including phenoxy) is 1. The number of fused-ring (bicyclic) bond motifs is 1. The van der Waals surface area contributed by atoms with Gasteiger partial charge < -0.3 is 10.5 Å². The molecule has 0 spiro atoms. The summed E-state index contributed by atoms with van der Waals surface area (Å²) in [5.74, 6) is 1.18. The van der Waals surface area contributed by atoms with E-state index < -0.39 is 0 Å². The summed E-state index contributed by atoms with van der Waals surface area (Å²) in [5.41, 5.74) is 7.21. The molecule has 0 amide bonds. The molecule has 2 N–H and O–H groups in total. The molecule has 0 atom stereocenters. The number of rotatable bonds is 4. The average Bonchev–Trinajstić information content (AvgIpc) is 3.04. The Labute approximate surface area is 118 Å². The van der Waals surface area contributed by atoms with Crippen molar-refractivity contribution in [1.82, 2.24) is 9.97 Å². The van der Waals surface area contributed by atoms with Crippen LogP contribution in [0.15, 0.2) is 22.9 Å². The summed E-state index contributed by atoms with van der Waals surface area (Å²) in [7, 11) is 0. The number of anilines is 1. The standard InChI is InChI=1S/C13H13N3OS2/c1-2-17-6-10-15-12(14)11-8(7-19-13(11)16-10)9-4-3-5-18-9/h3-5,7H,2,6H2,1H3,(H2,14,15,16).